The van der Waals surface area contributed by atoms with Crippen LogP contribution in [0.5, 0.6) is 0 Å². The summed E-state index contributed by atoms with van der Waals surface area (Å²) in [6.45, 7) is 0.828. The number of hydrogen-bond acceptors (Lipinski definition) is 2. The molecular weight excluding hydrogens is 130 g/mol. The molecule has 9 heavy (non-hydrogen) atoms. The van der Waals surface area contributed by atoms with Crippen LogP contribution in [0.2, 0.25) is 0 Å². The fourth-order valence-corrected chi connectivity index (χ4v) is 1.77. The minimum Gasteiger partial charge on any atom is -0.330 e. The van der Waals surface area contributed by atoms with Crippen LogP contribution in [0.1, 0.15) is 19.3 Å². The lowest BCUT2D eigenvalue weighted by Crippen LogP contribution is -2.29. The number of thiol groups is 1. The van der Waals surface area contributed by atoms with Crippen LogP contribution in [0.15, 0.2) is 0 Å². The molecule has 1 atom stereocenters. The maximum atomic E-state index is 5.54. The lowest BCUT2D eigenvalue weighted by atomic mass is 9.77. The zero-order valence-electron chi connectivity index (χ0n) is 5.71. The van der Waals surface area contributed by atoms with E-state index in [9.17, 15) is 0 Å². The molecule has 1 aliphatic carbocycles. The third-order valence-corrected chi connectivity index (χ3v) is 2.82. The normalized spacial score (nSPS) is 23.3. The summed E-state index contributed by atoms with van der Waals surface area (Å²) in [6.07, 6.45) is 4.19. The van der Waals surface area contributed by atoms with Crippen molar-refractivity contribution in [2.75, 3.05) is 12.3 Å². The Labute approximate surface area is 62.4 Å². The second-order valence-electron chi connectivity index (χ2n) is 2.87. The average Bonchev–Trinajstić information content (AvgIpc) is 1.78. The largest absolute Gasteiger partial charge is 0.330 e. The standard InChI is InChI=1S/C7H15NS/c8-4-7(5-9)6-2-1-3-6/h6-7,9H,1-5,8H2. The van der Waals surface area contributed by atoms with Crippen molar-refractivity contribution in [1.29, 1.82) is 0 Å². The van der Waals surface area contributed by atoms with Gasteiger partial charge in [-0.25, -0.2) is 0 Å². The first kappa shape index (κ1) is 7.42. The van der Waals surface area contributed by atoms with E-state index >= 15 is 0 Å². The smallest absolute Gasteiger partial charge is 0.00384 e. The average molecular weight is 145 g/mol. The quantitative estimate of drug-likeness (QED) is 0.575. The maximum absolute atomic E-state index is 5.54. The van der Waals surface area contributed by atoms with Crippen LogP contribution in [0.3, 0.4) is 0 Å². The van der Waals surface area contributed by atoms with Crippen LogP contribution >= 0.6 is 12.6 Å². The van der Waals surface area contributed by atoms with E-state index in [0.29, 0.717) is 5.92 Å². The highest BCUT2D eigenvalue weighted by molar-refractivity contribution is 7.80. The molecule has 0 heterocycles. The van der Waals surface area contributed by atoms with Gasteiger partial charge < -0.3 is 5.73 Å². The van der Waals surface area contributed by atoms with Crippen molar-refractivity contribution < 1.29 is 0 Å². The van der Waals surface area contributed by atoms with E-state index in [4.69, 9.17) is 5.73 Å². The Morgan fingerprint density at radius 2 is 2.22 bits per heavy atom. The Balaban J connectivity index is 2.19. The van der Waals surface area contributed by atoms with Crippen molar-refractivity contribution in [3.63, 3.8) is 0 Å². The van der Waals surface area contributed by atoms with Gasteiger partial charge in [-0.05, 0) is 24.1 Å². The zero-order valence-corrected chi connectivity index (χ0v) is 6.61. The summed E-state index contributed by atoms with van der Waals surface area (Å²) in [5.74, 6) is 2.58. The first-order chi connectivity index (χ1) is 4.38. The molecule has 54 valence electrons. The van der Waals surface area contributed by atoms with Crippen molar-refractivity contribution in [3.05, 3.63) is 0 Å². The van der Waals surface area contributed by atoms with Crippen molar-refractivity contribution >= 4 is 12.6 Å². The molecule has 0 spiro atoms. The summed E-state index contributed by atoms with van der Waals surface area (Å²) in [4.78, 5) is 0. The Bertz CT molecular complexity index is 77.0. The molecule has 1 fully saturated rings. The van der Waals surface area contributed by atoms with Crippen molar-refractivity contribution in [2.45, 2.75) is 19.3 Å². The van der Waals surface area contributed by atoms with Gasteiger partial charge in [-0.3, -0.25) is 0 Å². The molecule has 0 aromatic carbocycles. The van der Waals surface area contributed by atoms with Gasteiger partial charge in [0.05, 0.1) is 0 Å². The predicted octanol–water partition coefficient (Wildman–Crippen LogP) is 1.29. The summed E-state index contributed by atoms with van der Waals surface area (Å²) < 4.78 is 0. The lowest BCUT2D eigenvalue weighted by Gasteiger charge is -2.31. The van der Waals surface area contributed by atoms with E-state index in [1.165, 1.54) is 19.3 Å². The Morgan fingerprint density at radius 3 is 2.33 bits per heavy atom. The van der Waals surface area contributed by atoms with E-state index in [0.717, 1.165) is 18.2 Å². The highest BCUT2D eigenvalue weighted by Crippen LogP contribution is 2.33. The number of hydrogen-bond donors (Lipinski definition) is 2. The van der Waals surface area contributed by atoms with Crippen molar-refractivity contribution in [2.24, 2.45) is 17.6 Å². The summed E-state index contributed by atoms with van der Waals surface area (Å²) in [6, 6.07) is 0. The molecule has 0 aromatic rings. The SMILES string of the molecule is NCC(CS)C1CCC1. The number of rotatable bonds is 3. The highest BCUT2D eigenvalue weighted by atomic mass is 32.1. The predicted molar refractivity (Wildman–Crippen MR) is 43.7 cm³/mol. The first-order valence-electron chi connectivity index (χ1n) is 3.69. The van der Waals surface area contributed by atoms with Crippen LogP contribution < -0.4 is 5.73 Å². The molecule has 0 bridgehead atoms. The molecule has 0 amide bonds. The van der Waals surface area contributed by atoms with Crippen LogP contribution in [0.4, 0.5) is 0 Å². The highest BCUT2D eigenvalue weighted by Gasteiger charge is 2.24. The van der Waals surface area contributed by atoms with Gasteiger partial charge in [0.1, 0.15) is 0 Å². The van der Waals surface area contributed by atoms with Gasteiger partial charge in [0.15, 0.2) is 0 Å². The second kappa shape index (κ2) is 3.47. The molecule has 1 rings (SSSR count). The van der Waals surface area contributed by atoms with Crippen LogP contribution in [-0.2, 0) is 0 Å². The Kier molecular flexibility index (Phi) is 2.86. The molecule has 2 heteroatoms. The first-order valence-corrected chi connectivity index (χ1v) is 4.32. The van der Waals surface area contributed by atoms with E-state index < -0.39 is 0 Å². The van der Waals surface area contributed by atoms with E-state index in [1.54, 1.807) is 0 Å². The van der Waals surface area contributed by atoms with Crippen molar-refractivity contribution in [3.8, 4) is 0 Å². The van der Waals surface area contributed by atoms with E-state index in [2.05, 4.69) is 12.6 Å². The second-order valence-corrected chi connectivity index (χ2v) is 3.23. The molecular formula is C7H15NS. The van der Waals surface area contributed by atoms with Gasteiger partial charge in [0.25, 0.3) is 0 Å². The van der Waals surface area contributed by atoms with Gasteiger partial charge in [-0.15, -0.1) is 0 Å². The van der Waals surface area contributed by atoms with Crippen molar-refractivity contribution in [1.82, 2.24) is 0 Å². The summed E-state index contributed by atoms with van der Waals surface area (Å²) in [5.41, 5.74) is 5.54. The van der Waals surface area contributed by atoms with E-state index in [-0.39, 0.29) is 0 Å². The molecule has 1 nitrogen and oxygen atoms in total. The lowest BCUT2D eigenvalue weighted by molar-refractivity contribution is 0.229. The summed E-state index contributed by atoms with van der Waals surface area (Å²) in [7, 11) is 0. The third kappa shape index (κ3) is 1.62. The topological polar surface area (TPSA) is 26.0 Å². The third-order valence-electron chi connectivity index (χ3n) is 2.35. The molecule has 0 aromatic heterocycles. The zero-order chi connectivity index (χ0) is 6.69. The van der Waals surface area contributed by atoms with Crippen LogP contribution in [-0.4, -0.2) is 12.3 Å². The Morgan fingerprint density at radius 1 is 1.56 bits per heavy atom. The maximum Gasteiger partial charge on any atom is -0.00384 e. The molecule has 0 saturated heterocycles. The van der Waals surface area contributed by atoms with Gasteiger partial charge in [0.2, 0.25) is 0 Å². The Hall–Kier alpha value is 0.310. The molecule has 1 aliphatic rings. The summed E-state index contributed by atoms with van der Waals surface area (Å²) >= 11 is 4.24. The number of nitrogens with two attached hydrogens (primary N) is 1. The van der Waals surface area contributed by atoms with Gasteiger partial charge in [-0.2, -0.15) is 12.6 Å². The van der Waals surface area contributed by atoms with E-state index in [1.807, 2.05) is 0 Å². The fourth-order valence-electron chi connectivity index (χ4n) is 1.33. The van der Waals surface area contributed by atoms with Crippen LogP contribution in [0.25, 0.3) is 0 Å². The monoisotopic (exact) mass is 145 g/mol. The molecule has 2 N–H and O–H groups in total. The minimum atomic E-state index is 0.696. The van der Waals surface area contributed by atoms with Gasteiger partial charge in [-0.1, -0.05) is 19.3 Å². The van der Waals surface area contributed by atoms with Gasteiger partial charge >= 0.3 is 0 Å². The fraction of sp³-hybridized carbons (Fsp3) is 1.00. The van der Waals surface area contributed by atoms with Crippen LogP contribution in [0, 0.1) is 11.8 Å². The molecule has 0 aliphatic heterocycles. The minimum absolute atomic E-state index is 0.696. The molecule has 0 radical (unpaired) electrons. The summed E-state index contributed by atoms with van der Waals surface area (Å²) in [5, 5.41) is 0. The molecule has 1 saturated carbocycles. The van der Waals surface area contributed by atoms with Gasteiger partial charge in [0, 0.05) is 0 Å². The molecule has 1 unspecified atom stereocenters.